The number of methoxy groups -OCH3 is 1. The molecule has 0 radical (unpaired) electrons. The number of aromatic nitrogens is 2. The molecule has 0 aliphatic carbocycles. The van der Waals surface area contributed by atoms with E-state index in [1.54, 1.807) is 61.5 Å². The molecular formula is C22H24N4O3S. The molecule has 0 saturated carbocycles. The molecule has 0 bridgehead atoms. The van der Waals surface area contributed by atoms with E-state index in [2.05, 4.69) is 29.6 Å². The third-order valence-corrected chi connectivity index (χ3v) is 5.07. The van der Waals surface area contributed by atoms with E-state index in [0.29, 0.717) is 27.9 Å². The summed E-state index contributed by atoms with van der Waals surface area (Å²) >= 11 is 1.74. The zero-order valence-electron chi connectivity index (χ0n) is 17.1. The molecule has 8 heteroatoms. The molecule has 156 valence electrons. The molecule has 2 amide bonds. The minimum atomic E-state index is -0.224. The molecule has 3 aromatic rings. The summed E-state index contributed by atoms with van der Waals surface area (Å²) in [6.45, 7) is 4.28. The van der Waals surface area contributed by atoms with E-state index in [1.807, 2.05) is 12.1 Å². The van der Waals surface area contributed by atoms with Crippen molar-refractivity contribution in [1.29, 1.82) is 0 Å². The Kier molecular flexibility index (Phi) is 7.13. The highest BCUT2D eigenvalue weighted by Gasteiger charge is 2.10. The number of carbonyl (C=O) groups excluding carboxylic acids is 2. The van der Waals surface area contributed by atoms with Gasteiger partial charge in [0.15, 0.2) is 0 Å². The topological polar surface area (TPSA) is 85.2 Å². The van der Waals surface area contributed by atoms with E-state index >= 15 is 0 Å². The van der Waals surface area contributed by atoms with Crippen molar-refractivity contribution in [3.63, 3.8) is 0 Å². The van der Waals surface area contributed by atoms with E-state index < -0.39 is 0 Å². The van der Waals surface area contributed by atoms with E-state index in [9.17, 15) is 9.59 Å². The number of carbonyl (C=O) groups is 2. The third-order valence-electron chi connectivity index (χ3n) is 4.06. The highest BCUT2D eigenvalue weighted by molar-refractivity contribution is 7.99. The van der Waals surface area contributed by atoms with Gasteiger partial charge in [-0.1, -0.05) is 13.8 Å². The van der Waals surface area contributed by atoms with Gasteiger partial charge < -0.3 is 15.4 Å². The number of ether oxygens (including phenoxy) is 1. The van der Waals surface area contributed by atoms with Gasteiger partial charge in [-0.25, -0.2) is 0 Å². The summed E-state index contributed by atoms with van der Waals surface area (Å²) in [4.78, 5) is 25.8. The number of nitrogens with zero attached hydrogens (tertiary/aromatic N) is 2. The summed E-state index contributed by atoms with van der Waals surface area (Å²) in [5.41, 5.74) is 1.76. The number of thioether (sulfide) groups is 1. The minimum Gasteiger partial charge on any atom is -0.497 e. The van der Waals surface area contributed by atoms with Crippen molar-refractivity contribution in [2.45, 2.75) is 30.5 Å². The highest BCUT2D eigenvalue weighted by atomic mass is 32.2. The van der Waals surface area contributed by atoms with Gasteiger partial charge in [0.2, 0.25) is 5.91 Å². The minimum absolute atomic E-state index is 0.0308. The first-order chi connectivity index (χ1) is 14.4. The van der Waals surface area contributed by atoms with Gasteiger partial charge >= 0.3 is 0 Å². The second-order valence-electron chi connectivity index (χ2n) is 6.85. The molecule has 2 aromatic carbocycles. The zero-order valence-corrected chi connectivity index (χ0v) is 17.9. The van der Waals surface area contributed by atoms with Gasteiger partial charge in [-0.05, 0) is 48.5 Å². The molecule has 0 unspecified atom stereocenters. The lowest BCUT2D eigenvalue weighted by molar-refractivity contribution is -0.116. The molecule has 0 spiro atoms. The van der Waals surface area contributed by atoms with Crippen molar-refractivity contribution in [2.24, 2.45) is 0 Å². The average molecular weight is 425 g/mol. The summed E-state index contributed by atoms with van der Waals surface area (Å²) < 4.78 is 6.56. The first-order valence-corrected chi connectivity index (χ1v) is 10.4. The van der Waals surface area contributed by atoms with Crippen LogP contribution in [0.3, 0.4) is 0 Å². The summed E-state index contributed by atoms with van der Waals surface area (Å²) in [5, 5.41) is 10.2. The summed E-state index contributed by atoms with van der Waals surface area (Å²) in [6, 6.07) is 14.5. The standard InChI is InChI=1S/C22H24N4O3S/c1-15(2)30-20-10-4-16(5-11-20)22(28)25-18-12-23-26(13-18)14-21(27)24-17-6-8-19(29-3)9-7-17/h4-13,15H,14H2,1-3H3,(H,24,27)(H,25,28). The number of benzene rings is 2. The van der Waals surface area contributed by atoms with Gasteiger partial charge in [-0.2, -0.15) is 5.10 Å². The number of hydrogen-bond donors (Lipinski definition) is 2. The van der Waals surface area contributed by atoms with Crippen LogP contribution in [-0.4, -0.2) is 34.0 Å². The van der Waals surface area contributed by atoms with Crippen LogP contribution in [0.15, 0.2) is 65.8 Å². The molecule has 7 nitrogen and oxygen atoms in total. The van der Waals surface area contributed by atoms with Gasteiger partial charge in [0.25, 0.3) is 5.91 Å². The quantitative estimate of drug-likeness (QED) is 0.527. The normalized spacial score (nSPS) is 10.7. The smallest absolute Gasteiger partial charge is 0.255 e. The van der Waals surface area contributed by atoms with Crippen LogP contribution in [0, 0.1) is 0 Å². The Morgan fingerprint density at radius 1 is 1.03 bits per heavy atom. The van der Waals surface area contributed by atoms with Crippen molar-refractivity contribution >= 4 is 35.0 Å². The molecule has 30 heavy (non-hydrogen) atoms. The molecule has 0 saturated heterocycles. The first kappa shape index (κ1) is 21.4. The second-order valence-corrected chi connectivity index (χ2v) is 8.50. The molecule has 3 rings (SSSR count). The number of rotatable bonds is 8. The van der Waals surface area contributed by atoms with Crippen LogP contribution in [-0.2, 0) is 11.3 Å². The second kappa shape index (κ2) is 9.98. The van der Waals surface area contributed by atoms with Crippen molar-refractivity contribution in [2.75, 3.05) is 17.7 Å². The van der Waals surface area contributed by atoms with Crippen LogP contribution >= 0.6 is 11.8 Å². The van der Waals surface area contributed by atoms with Crippen molar-refractivity contribution in [3.05, 3.63) is 66.5 Å². The van der Waals surface area contributed by atoms with Crippen molar-refractivity contribution in [3.8, 4) is 5.75 Å². The maximum absolute atomic E-state index is 12.4. The fourth-order valence-corrected chi connectivity index (χ4v) is 3.53. The van der Waals surface area contributed by atoms with Crippen LogP contribution in [0.1, 0.15) is 24.2 Å². The Labute approximate surface area is 179 Å². The molecule has 0 aliphatic heterocycles. The van der Waals surface area contributed by atoms with E-state index in [0.717, 1.165) is 4.90 Å². The lowest BCUT2D eigenvalue weighted by Crippen LogP contribution is -2.19. The fourth-order valence-electron chi connectivity index (χ4n) is 2.70. The summed E-state index contributed by atoms with van der Waals surface area (Å²) in [7, 11) is 1.59. The average Bonchev–Trinajstić information content (AvgIpc) is 3.15. The summed E-state index contributed by atoms with van der Waals surface area (Å²) in [5.74, 6) is 0.270. The Morgan fingerprint density at radius 3 is 2.37 bits per heavy atom. The molecular weight excluding hydrogens is 400 g/mol. The molecule has 0 fully saturated rings. The third kappa shape index (κ3) is 6.12. The number of anilines is 2. The molecule has 0 aliphatic rings. The molecule has 0 atom stereocenters. The molecule has 2 N–H and O–H groups in total. The lowest BCUT2D eigenvalue weighted by Gasteiger charge is -2.07. The monoisotopic (exact) mass is 424 g/mol. The van der Waals surface area contributed by atoms with Crippen LogP contribution < -0.4 is 15.4 Å². The number of amides is 2. The van der Waals surface area contributed by atoms with Crippen LogP contribution in [0.25, 0.3) is 0 Å². The predicted molar refractivity (Wildman–Crippen MR) is 119 cm³/mol. The Bertz CT molecular complexity index is 998. The Balaban J connectivity index is 1.53. The van der Waals surface area contributed by atoms with Crippen LogP contribution in [0.4, 0.5) is 11.4 Å². The fraction of sp³-hybridized carbons (Fsp3) is 0.227. The predicted octanol–water partition coefficient (Wildman–Crippen LogP) is 4.28. The van der Waals surface area contributed by atoms with Gasteiger partial charge in [-0.15, -0.1) is 11.8 Å². The van der Waals surface area contributed by atoms with E-state index in [1.165, 1.54) is 10.9 Å². The number of nitrogens with one attached hydrogen (secondary N) is 2. The van der Waals surface area contributed by atoms with Crippen LogP contribution in [0.2, 0.25) is 0 Å². The number of hydrogen-bond acceptors (Lipinski definition) is 5. The Hall–Kier alpha value is -3.26. The maximum atomic E-state index is 12.4. The Morgan fingerprint density at radius 2 is 1.73 bits per heavy atom. The first-order valence-electron chi connectivity index (χ1n) is 9.47. The van der Waals surface area contributed by atoms with Gasteiger partial charge in [0.05, 0.1) is 19.0 Å². The molecule has 1 heterocycles. The van der Waals surface area contributed by atoms with Crippen molar-refractivity contribution < 1.29 is 14.3 Å². The van der Waals surface area contributed by atoms with Gasteiger partial charge in [0.1, 0.15) is 12.3 Å². The van der Waals surface area contributed by atoms with E-state index in [-0.39, 0.29) is 18.4 Å². The van der Waals surface area contributed by atoms with E-state index in [4.69, 9.17) is 4.74 Å². The lowest BCUT2D eigenvalue weighted by atomic mass is 10.2. The molecule has 1 aromatic heterocycles. The largest absolute Gasteiger partial charge is 0.497 e. The maximum Gasteiger partial charge on any atom is 0.255 e. The van der Waals surface area contributed by atoms with Gasteiger partial charge in [0, 0.05) is 27.6 Å². The summed E-state index contributed by atoms with van der Waals surface area (Å²) in [6.07, 6.45) is 3.13. The zero-order chi connectivity index (χ0) is 21.5. The highest BCUT2D eigenvalue weighted by Crippen LogP contribution is 2.23. The van der Waals surface area contributed by atoms with Gasteiger partial charge in [-0.3, -0.25) is 14.3 Å². The van der Waals surface area contributed by atoms with Crippen LogP contribution in [0.5, 0.6) is 5.75 Å². The SMILES string of the molecule is COc1ccc(NC(=O)Cn2cc(NC(=O)c3ccc(SC(C)C)cc3)cn2)cc1. The van der Waals surface area contributed by atoms with Crippen molar-refractivity contribution in [1.82, 2.24) is 9.78 Å².